The van der Waals surface area contributed by atoms with Crippen molar-refractivity contribution in [2.45, 2.75) is 26.0 Å². The van der Waals surface area contributed by atoms with Gasteiger partial charge in [0.2, 0.25) is 0 Å². The van der Waals surface area contributed by atoms with Gasteiger partial charge in [0.1, 0.15) is 6.29 Å². The predicted octanol–water partition coefficient (Wildman–Crippen LogP) is 2.06. The van der Waals surface area contributed by atoms with E-state index in [-0.39, 0.29) is 25.7 Å². The normalized spacial score (nSPS) is 37.6. The molecule has 0 amide bonds. The largest absolute Gasteiger partial charge is 0.348 e. The summed E-state index contributed by atoms with van der Waals surface area (Å²) in [5.41, 5.74) is 0. The van der Waals surface area contributed by atoms with Crippen molar-refractivity contribution in [1.82, 2.24) is 0 Å². The highest BCUT2D eigenvalue weighted by Gasteiger charge is 2.33. The molecule has 0 aliphatic carbocycles. The van der Waals surface area contributed by atoms with Crippen molar-refractivity contribution >= 4 is 22.8 Å². The van der Waals surface area contributed by atoms with Crippen molar-refractivity contribution in [3.63, 3.8) is 0 Å². The third kappa shape index (κ3) is 2.97. The molecule has 1 fully saturated rings. The topological polar surface area (TPSA) is 35.5 Å². The molecule has 1 aliphatic heterocycles. The Labute approximate surface area is 88.8 Å². The quantitative estimate of drug-likeness (QED) is 0.555. The number of carbonyl (C=O) groups is 1. The summed E-state index contributed by atoms with van der Waals surface area (Å²) in [6.07, 6.45) is 0.973. The Balaban J connectivity index is 2.59. The van der Waals surface area contributed by atoms with E-state index < -0.39 is 0 Å². The Morgan fingerprint density at radius 3 is 2.79 bits per heavy atom. The lowest BCUT2D eigenvalue weighted by Gasteiger charge is -2.38. The van der Waals surface area contributed by atoms with E-state index in [1.807, 2.05) is 6.92 Å². The number of aldehydes is 1. The van der Waals surface area contributed by atoms with Gasteiger partial charge in [0.05, 0.1) is 12.7 Å². The lowest BCUT2D eigenvalue weighted by molar-refractivity contribution is -0.201. The van der Waals surface area contributed by atoms with Crippen LogP contribution >= 0.6 is 16.5 Å². The Kier molecular flexibility index (Phi) is 4.93. The number of hydrogen-bond donors (Lipinski definition) is 0. The highest BCUT2D eigenvalue weighted by atomic mass is 32.0. The van der Waals surface area contributed by atoms with Crippen LogP contribution in [0.2, 0.25) is 0 Å². The zero-order chi connectivity index (χ0) is 10.7. The molecule has 0 radical (unpaired) electrons. The SMILES string of the molecule is C[C@@H](C=O)[C@H]1OC(P(C)P)OC[C@@H]1C. The van der Waals surface area contributed by atoms with Crippen LogP contribution in [0.25, 0.3) is 0 Å². The second-order valence-electron chi connectivity index (χ2n) is 3.88. The number of hydrogen-bond acceptors (Lipinski definition) is 3. The summed E-state index contributed by atoms with van der Waals surface area (Å²) >= 11 is 0. The van der Waals surface area contributed by atoms with Crippen LogP contribution in [-0.4, -0.2) is 31.7 Å². The first-order chi connectivity index (χ1) is 6.56. The van der Waals surface area contributed by atoms with Gasteiger partial charge in [-0.2, -0.15) is 0 Å². The average molecular weight is 236 g/mol. The highest BCUT2D eigenvalue weighted by Crippen LogP contribution is 2.49. The maximum absolute atomic E-state index is 10.7. The fraction of sp³-hybridized carbons (Fsp3) is 0.889. The van der Waals surface area contributed by atoms with Crippen LogP contribution in [0.15, 0.2) is 0 Å². The van der Waals surface area contributed by atoms with Gasteiger partial charge in [-0.15, -0.1) is 8.93 Å². The second-order valence-corrected chi connectivity index (χ2v) is 8.08. The van der Waals surface area contributed by atoms with Crippen molar-refractivity contribution in [3.8, 4) is 0 Å². The predicted molar refractivity (Wildman–Crippen MR) is 61.6 cm³/mol. The lowest BCUT2D eigenvalue weighted by Crippen LogP contribution is -2.41. The molecule has 0 spiro atoms. The molecule has 0 bridgehead atoms. The highest BCUT2D eigenvalue weighted by molar-refractivity contribution is 8.13. The van der Waals surface area contributed by atoms with Gasteiger partial charge in [-0.3, -0.25) is 0 Å². The Morgan fingerprint density at radius 2 is 2.29 bits per heavy atom. The third-order valence-corrected chi connectivity index (χ3v) is 4.07. The standard InChI is InChI=1S/C9H18O3P2/c1-6(4-10)8-7(2)5-11-9(12-8)14(3)13/h4,6-9H,5,13H2,1-3H3/t6-,7-,8+,9?,14?/m0/s1. The van der Waals surface area contributed by atoms with E-state index in [0.29, 0.717) is 12.5 Å². The summed E-state index contributed by atoms with van der Waals surface area (Å²) in [7, 11) is 2.39. The van der Waals surface area contributed by atoms with Gasteiger partial charge in [-0.05, 0) is 14.3 Å². The van der Waals surface area contributed by atoms with E-state index in [1.165, 1.54) is 0 Å². The number of rotatable bonds is 3. The monoisotopic (exact) mass is 236 g/mol. The molecule has 1 saturated heterocycles. The first kappa shape index (κ1) is 12.5. The summed E-state index contributed by atoms with van der Waals surface area (Å²) < 4.78 is 11.3. The molecule has 0 aromatic rings. The summed E-state index contributed by atoms with van der Waals surface area (Å²) in [5, 5.41) is 0. The van der Waals surface area contributed by atoms with Gasteiger partial charge in [0.15, 0.2) is 6.03 Å². The molecule has 82 valence electrons. The van der Waals surface area contributed by atoms with Gasteiger partial charge in [0, 0.05) is 11.8 Å². The molecule has 3 nitrogen and oxygen atoms in total. The van der Waals surface area contributed by atoms with E-state index in [1.54, 1.807) is 0 Å². The van der Waals surface area contributed by atoms with Crippen LogP contribution in [0.5, 0.6) is 0 Å². The average Bonchev–Trinajstić information content (AvgIpc) is 2.17. The summed E-state index contributed by atoms with van der Waals surface area (Å²) in [5.74, 6) is 0.253. The molecular formula is C9H18O3P2. The van der Waals surface area contributed by atoms with Crippen molar-refractivity contribution in [2.75, 3.05) is 13.3 Å². The van der Waals surface area contributed by atoms with Crippen LogP contribution in [-0.2, 0) is 14.3 Å². The van der Waals surface area contributed by atoms with Crippen LogP contribution in [0.4, 0.5) is 0 Å². The third-order valence-electron chi connectivity index (χ3n) is 2.40. The summed E-state index contributed by atoms with van der Waals surface area (Å²) in [6.45, 7) is 6.73. The van der Waals surface area contributed by atoms with Crippen LogP contribution in [0.1, 0.15) is 13.8 Å². The molecule has 0 aromatic heterocycles. The summed E-state index contributed by atoms with van der Waals surface area (Å²) in [6, 6.07) is -0.126. The number of ether oxygens (including phenoxy) is 2. The maximum Gasteiger partial charge on any atom is 0.179 e. The van der Waals surface area contributed by atoms with Crippen molar-refractivity contribution in [2.24, 2.45) is 11.8 Å². The lowest BCUT2D eigenvalue weighted by atomic mass is 9.94. The molecule has 0 aromatic carbocycles. The molecule has 3 unspecified atom stereocenters. The maximum atomic E-state index is 10.7. The van der Waals surface area contributed by atoms with Crippen molar-refractivity contribution in [1.29, 1.82) is 0 Å². The molecule has 1 aliphatic rings. The van der Waals surface area contributed by atoms with E-state index in [0.717, 1.165) is 6.29 Å². The zero-order valence-electron chi connectivity index (χ0n) is 8.84. The first-order valence-electron chi connectivity index (χ1n) is 4.76. The first-order valence-corrected chi connectivity index (χ1v) is 8.23. The fourth-order valence-corrected chi connectivity index (χ4v) is 2.69. The molecule has 0 saturated carbocycles. The van der Waals surface area contributed by atoms with Crippen LogP contribution in [0.3, 0.4) is 0 Å². The van der Waals surface area contributed by atoms with E-state index in [9.17, 15) is 4.79 Å². The molecule has 14 heavy (non-hydrogen) atoms. The summed E-state index contributed by atoms with van der Waals surface area (Å²) in [4.78, 5) is 10.7. The number of carbonyl (C=O) groups excluding carboxylic acids is 1. The smallest absolute Gasteiger partial charge is 0.179 e. The van der Waals surface area contributed by atoms with E-state index in [2.05, 4.69) is 22.5 Å². The fourth-order valence-electron chi connectivity index (χ4n) is 1.57. The molecule has 0 N–H and O–H groups in total. The molecule has 1 rings (SSSR count). The molecule has 6 atom stereocenters. The minimum absolute atomic E-state index is 0.0109. The van der Waals surface area contributed by atoms with Gasteiger partial charge in [-0.1, -0.05) is 13.8 Å². The van der Waals surface area contributed by atoms with Gasteiger partial charge >= 0.3 is 0 Å². The van der Waals surface area contributed by atoms with Gasteiger partial charge < -0.3 is 14.3 Å². The Bertz CT molecular complexity index is 198. The minimum Gasteiger partial charge on any atom is -0.348 e. The van der Waals surface area contributed by atoms with Crippen molar-refractivity contribution < 1.29 is 14.3 Å². The molecule has 5 heteroatoms. The molecular weight excluding hydrogens is 218 g/mol. The van der Waals surface area contributed by atoms with Crippen LogP contribution < -0.4 is 0 Å². The Morgan fingerprint density at radius 1 is 1.64 bits per heavy atom. The minimum atomic E-state index is -0.338. The second kappa shape index (κ2) is 5.51. The zero-order valence-corrected chi connectivity index (χ0v) is 10.9. The van der Waals surface area contributed by atoms with E-state index in [4.69, 9.17) is 9.47 Å². The van der Waals surface area contributed by atoms with Gasteiger partial charge in [0.25, 0.3) is 0 Å². The van der Waals surface area contributed by atoms with Crippen LogP contribution in [0, 0.1) is 11.8 Å². The Hall–Kier alpha value is 0.450. The van der Waals surface area contributed by atoms with E-state index >= 15 is 0 Å². The van der Waals surface area contributed by atoms with Gasteiger partial charge in [-0.25, -0.2) is 0 Å². The van der Waals surface area contributed by atoms with Crippen molar-refractivity contribution in [3.05, 3.63) is 0 Å². The molecule has 1 heterocycles.